The molecule has 0 aromatic heterocycles. The summed E-state index contributed by atoms with van der Waals surface area (Å²) >= 11 is 0. The van der Waals surface area contributed by atoms with Crippen LogP contribution in [-0.4, -0.2) is 19.6 Å². The predicted octanol–water partition coefficient (Wildman–Crippen LogP) is 3.31. The van der Waals surface area contributed by atoms with Gasteiger partial charge in [-0.15, -0.1) is 0 Å². The van der Waals surface area contributed by atoms with E-state index in [0.717, 1.165) is 19.4 Å². The van der Waals surface area contributed by atoms with Crippen LogP contribution in [0.15, 0.2) is 12.1 Å². The summed E-state index contributed by atoms with van der Waals surface area (Å²) in [5.74, 6) is -0.426. The summed E-state index contributed by atoms with van der Waals surface area (Å²) < 4.78 is 28.4. The van der Waals surface area contributed by atoms with E-state index in [9.17, 15) is 8.78 Å². The average Bonchev–Trinajstić information content (AvgIpc) is 2.33. The molecule has 1 aliphatic rings. The topological polar surface area (TPSA) is 15.3 Å². The maximum Gasteiger partial charge on any atom is 0.149 e. The largest absolute Gasteiger partial charge is 0.364 e. The number of nitrogens with one attached hydrogen (secondary N) is 1. The van der Waals surface area contributed by atoms with Gasteiger partial charge in [0.2, 0.25) is 0 Å². The number of anilines is 1. The van der Waals surface area contributed by atoms with E-state index < -0.39 is 11.6 Å². The van der Waals surface area contributed by atoms with Gasteiger partial charge in [0.1, 0.15) is 17.3 Å². The Morgan fingerprint density at radius 2 is 1.84 bits per heavy atom. The smallest absolute Gasteiger partial charge is 0.149 e. The van der Waals surface area contributed by atoms with E-state index in [1.165, 1.54) is 12.1 Å². The van der Waals surface area contributed by atoms with Gasteiger partial charge in [-0.25, -0.2) is 8.78 Å². The SMILES string of the molecule is CNCc1cc(F)c(N2CC(C)CCC2C)c(F)c1. The van der Waals surface area contributed by atoms with Crippen LogP contribution in [0.4, 0.5) is 14.5 Å². The monoisotopic (exact) mass is 268 g/mol. The highest BCUT2D eigenvalue weighted by Crippen LogP contribution is 2.32. The highest BCUT2D eigenvalue weighted by Gasteiger charge is 2.27. The molecule has 2 atom stereocenters. The second-order valence-electron chi connectivity index (χ2n) is 5.62. The van der Waals surface area contributed by atoms with Crippen LogP contribution < -0.4 is 10.2 Å². The lowest BCUT2D eigenvalue weighted by atomic mass is 9.94. The van der Waals surface area contributed by atoms with Crippen molar-refractivity contribution >= 4 is 5.69 Å². The summed E-state index contributed by atoms with van der Waals surface area (Å²) in [4.78, 5) is 1.88. The molecular weight excluding hydrogens is 246 g/mol. The Labute approximate surface area is 113 Å². The minimum atomic E-state index is -0.453. The lowest BCUT2D eigenvalue weighted by molar-refractivity contribution is 0.381. The first kappa shape index (κ1) is 14.3. The molecule has 0 aliphatic carbocycles. The summed E-state index contributed by atoms with van der Waals surface area (Å²) in [5.41, 5.74) is 0.776. The van der Waals surface area contributed by atoms with Gasteiger partial charge in [-0.3, -0.25) is 0 Å². The molecule has 2 unspecified atom stereocenters. The average molecular weight is 268 g/mol. The molecule has 0 radical (unpaired) electrons. The Balaban J connectivity index is 2.33. The van der Waals surface area contributed by atoms with Crippen molar-refractivity contribution in [3.63, 3.8) is 0 Å². The zero-order valence-corrected chi connectivity index (χ0v) is 11.8. The molecule has 1 N–H and O–H groups in total. The van der Waals surface area contributed by atoms with Crippen LogP contribution in [-0.2, 0) is 6.54 Å². The van der Waals surface area contributed by atoms with E-state index >= 15 is 0 Å². The Morgan fingerprint density at radius 1 is 1.21 bits per heavy atom. The first-order chi connectivity index (χ1) is 9.02. The molecule has 1 aromatic rings. The normalized spacial score (nSPS) is 23.7. The molecule has 0 bridgehead atoms. The molecule has 1 aromatic carbocycles. The summed E-state index contributed by atoms with van der Waals surface area (Å²) in [6.07, 6.45) is 2.11. The maximum absolute atomic E-state index is 14.2. The molecule has 1 heterocycles. The molecule has 0 amide bonds. The summed E-state index contributed by atoms with van der Waals surface area (Å²) in [6.45, 7) is 5.36. The minimum absolute atomic E-state index is 0.138. The molecule has 4 heteroatoms. The van der Waals surface area contributed by atoms with Gasteiger partial charge in [-0.2, -0.15) is 0 Å². The van der Waals surface area contributed by atoms with Gasteiger partial charge < -0.3 is 10.2 Å². The standard InChI is InChI=1S/C15H22F2N2/c1-10-4-5-11(2)19(9-10)15-13(16)6-12(8-18-3)7-14(15)17/h6-7,10-11,18H,4-5,8-9H2,1-3H3. The van der Waals surface area contributed by atoms with Gasteiger partial charge in [0.15, 0.2) is 0 Å². The minimum Gasteiger partial charge on any atom is -0.364 e. The van der Waals surface area contributed by atoms with Crippen molar-refractivity contribution < 1.29 is 8.78 Å². The van der Waals surface area contributed by atoms with E-state index in [-0.39, 0.29) is 11.7 Å². The lowest BCUT2D eigenvalue weighted by Crippen LogP contribution is -2.42. The molecule has 1 fully saturated rings. The van der Waals surface area contributed by atoms with Crippen molar-refractivity contribution in [2.24, 2.45) is 5.92 Å². The number of halogens is 2. The number of hydrogen-bond donors (Lipinski definition) is 1. The molecule has 106 valence electrons. The Bertz CT molecular complexity index is 425. The Hall–Kier alpha value is -1.16. The first-order valence-corrected chi connectivity index (χ1v) is 6.92. The molecular formula is C15H22F2N2. The molecule has 2 nitrogen and oxygen atoms in total. The van der Waals surface area contributed by atoms with Crippen molar-refractivity contribution in [2.75, 3.05) is 18.5 Å². The number of rotatable bonds is 3. The fourth-order valence-electron chi connectivity index (χ4n) is 2.80. The van der Waals surface area contributed by atoms with E-state index in [1.807, 2.05) is 11.8 Å². The maximum atomic E-state index is 14.2. The van der Waals surface area contributed by atoms with Crippen molar-refractivity contribution in [1.82, 2.24) is 5.32 Å². The molecule has 0 saturated carbocycles. The summed E-state index contributed by atoms with van der Waals surface area (Å²) in [7, 11) is 1.76. The van der Waals surface area contributed by atoms with Crippen LogP contribution in [0.2, 0.25) is 0 Å². The highest BCUT2D eigenvalue weighted by atomic mass is 19.1. The summed E-state index contributed by atoms with van der Waals surface area (Å²) in [6, 6.07) is 3.05. The van der Waals surface area contributed by atoms with E-state index in [1.54, 1.807) is 7.05 Å². The van der Waals surface area contributed by atoms with Crippen LogP contribution in [0.25, 0.3) is 0 Å². The van der Waals surface area contributed by atoms with Crippen molar-refractivity contribution in [3.8, 4) is 0 Å². The molecule has 1 aliphatic heterocycles. The quantitative estimate of drug-likeness (QED) is 0.904. The third-order valence-electron chi connectivity index (χ3n) is 3.86. The van der Waals surface area contributed by atoms with E-state index in [4.69, 9.17) is 0 Å². The number of nitrogens with zero attached hydrogens (tertiary/aromatic N) is 1. The molecule has 1 saturated heterocycles. The zero-order chi connectivity index (χ0) is 14.0. The second kappa shape index (κ2) is 5.87. The Kier molecular flexibility index (Phi) is 4.40. The lowest BCUT2D eigenvalue weighted by Gasteiger charge is -2.38. The second-order valence-corrected chi connectivity index (χ2v) is 5.62. The van der Waals surface area contributed by atoms with Gasteiger partial charge in [0.05, 0.1) is 0 Å². The van der Waals surface area contributed by atoms with Crippen LogP contribution >= 0.6 is 0 Å². The van der Waals surface area contributed by atoms with Gasteiger partial charge in [0, 0.05) is 19.1 Å². The summed E-state index contributed by atoms with van der Waals surface area (Å²) in [5, 5.41) is 2.91. The van der Waals surface area contributed by atoms with Crippen LogP contribution in [0, 0.1) is 17.6 Å². The van der Waals surface area contributed by atoms with Crippen LogP contribution in [0.1, 0.15) is 32.3 Å². The van der Waals surface area contributed by atoms with Gasteiger partial charge in [-0.05, 0) is 50.4 Å². The van der Waals surface area contributed by atoms with E-state index in [2.05, 4.69) is 12.2 Å². The van der Waals surface area contributed by atoms with Crippen LogP contribution in [0.5, 0.6) is 0 Å². The van der Waals surface area contributed by atoms with Gasteiger partial charge in [0.25, 0.3) is 0 Å². The van der Waals surface area contributed by atoms with Crippen molar-refractivity contribution in [1.29, 1.82) is 0 Å². The molecule has 0 spiro atoms. The number of piperidine rings is 1. The van der Waals surface area contributed by atoms with E-state index in [0.29, 0.717) is 18.0 Å². The zero-order valence-electron chi connectivity index (χ0n) is 11.8. The number of hydrogen-bond acceptors (Lipinski definition) is 2. The first-order valence-electron chi connectivity index (χ1n) is 6.92. The van der Waals surface area contributed by atoms with Gasteiger partial charge >= 0.3 is 0 Å². The number of benzene rings is 1. The van der Waals surface area contributed by atoms with Gasteiger partial charge in [-0.1, -0.05) is 6.92 Å². The van der Waals surface area contributed by atoms with Crippen LogP contribution in [0.3, 0.4) is 0 Å². The van der Waals surface area contributed by atoms with Crippen molar-refractivity contribution in [3.05, 3.63) is 29.3 Å². The third-order valence-corrected chi connectivity index (χ3v) is 3.86. The molecule has 19 heavy (non-hydrogen) atoms. The highest BCUT2D eigenvalue weighted by molar-refractivity contribution is 5.52. The predicted molar refractivity (Wildman–Crippen MR) is 74.3 cm³/mol. The fourth-order valence-corrected chi connectivity index (χ4v) is 2.80. The third kappa shape index (κ3) is 3.06. The fraction of sp³-hybridized carbons (Fsp3) is 0.600. The Morgan fingerprint density at radius 3 is 2.42 bits per heavy atom. The van der Waals surface area contributed by atoms with Crippen molar-refractivity contribution in [2.45, 2.75) is 39.3 Å². The molecule has 2 rings (SSSR count).